The Morgan fingerprint density at radius 3 is 3.09 bits per heavy atom. The van der Waals surface area contributed by atoms with E-state index in [-0.39, 0.29) is 12.0 Å². The van der Waals surface area contributed by atoms with Crippen molar-refractivity contribution in [2.75, 3.05) is 25.1 Å². The van der Waals surface area contributed by atoms with Crippen LogP contribution in [-0.4, -0.2) is 41.6 Å². The third-order valence-corrected chi connectivity index (χ3v) is 4.15. The second-order valence-electron chi connectivity index (χ2n) is 5.72. The van der Waals surface area contributed by atoms with E-state index < -0.39 is 0 Å². The molecule has 0 aliphatic carbocycles. The second-order valence-corrected chi connectivity index (χ2v) is 5.72. The first-order valence-electron chi connectivity index (χ1n) is 7.58. The van der Waals surface area contributed by atoms with Crippen LogP contribution in [0.3, 0.4) is 0 Å². The molecular weight excluding hydrogens is 282 g/mol. The van der Waals surface area contributed by atoms with Gasteiger partial charge in [0.05, 0.1) is 13.2 Å². The molecule has 3 rings (SSSR count). The van der Waals surface area contributed by atoms with Crippen LogP contribution < -0.4 is 9.64 Å². The summed E-state index contributed by atoms with van der Waals surface area (Å²) in [7, 11) is 1.63. The Bertz CT molecular complexity index is 627. The van der Waals surface area contributed by atoms with Gasteiger partial charge in [0.2, 0.25) is 5.82 Å². The number of hydrogen-bond donors (Lipinski definition) is 1. The molecule has 2 heterocycles. The van der Waals surface area contributed by atoms with Crippen molar-refractivity contribution in [3.8, 4) is 17.1 Å². The molecule has 6 nitrogen and oxygen atoms in total. The Morgan fingerprint density at radius 1 is 1.45 bits per heavy atom. The lowest BCUT2D eigenvalue weighted by Gasteiger charge is -2.32. The molecule has 1 aliphatic rings. The first kappa shape index (κ1) is 14.8. The summed E-state index contributed by atoms with van der Waals surface area (Å²) in [5, 5.41) is 13.8. The fraction of sp³-hybridized carbons (Fsp3) is 0.500. The van der Waals surface area contributed by atoms with Crippen molar-refractivity contribution in [2.24, 2.45) is 5.92 Å². The van der Waals surface area contributed by atoms with Gasteiger partial charge in [-0.3, -0.25) is 0 Å². The van der Waals surface area contributed by atoms with Gasteiger partial charge in [-0.25, -0.2) is 0 Å². The van der Waals surface area contributed by atoms with E-state index in [0.717, 1.165) is 37.2 Å². The minimum Gasteiger partial charge on any atom is -0.497 e. The fourth-order valence-electron chi connectivity index (χ4n) is 2.80. The van der Waals surface area contributed by atoms with Gasteiger partial charge >= 0.3 is 6.01 Å². The maximum atomic E-state index is 9.78. The van der Waals surface area contributed by atoms with Crippen LogP contribution in [-0.2, 0) is 0 Å². The molecule has 1 fully saturated rings. The molecule has 2 unspecified atom stereocenters. The van der Waals surface area contributed by atoms with Gasteiger partial charge in [0.15, 0.2) is 0 Å². The van der Waals surface area contributed by atoms with Crippen molar-refractivity contribution < 1.29 is 14.4 Å². The third-order valence-electron chi connectivity index (χ3n) is 4.15. The summed E-state index contributed by atoms with van der Waals surface area (Å²) >= 11 is 0. The SMILES string of the molecule is COc1cccc(-c2noc(N3CCCC(C(C)O)C3)n2)c1. The summed E-state index contributed by atoms with van der Waals surface area (Å²) in [5.74, 6) is 1.56. The van der Waals surface area contributed by atoms with Crippen molar-refractivity contribution in [2.45, 2.75) is 25.9 Å². The molecule has 1 saturated heterocycles. The minimum absolute atomic E-state index is 0.251. The number of hydrogen-bond acceptors (Lipinski definition) is 6. The Morgan fingerprint density at radius 2 is 2.32 bits per heavy atom. The lowest BCUT2D eigenvalue weighted by Crippen LogP contribution is -2.39. The molecule has 2 aromatic rings. The van der Waals surface area contributed by atoms with E-state index in [0.29, 0.717) is 11.8 Å². The molecule has 1 aromatic carbocycles. The number of nitrogens with zero attached hydrogens (tertiary/aromatic N) is 3. The number of aromatic nitrogens is 2. The zero-order chi connectivity index (χ0) is 15.5. The Hall–Kier alpha value is -2.08. The number of ether oxygens (including phenoxy) is 1. The van der Waals surface area contributed by atoms with Crippen LogP contribution in [0.1, 0.15) is 19.8 Å². The average Bonchev–Trinajstić information content (AvgIpc) is 3.05. The van der Waals surface area contributed by atoms with Crippen LogP contribution in [0.5, 0.6) is 5.75 Å². The molecular formula is C16H21N3O3. The molecule has 118 valence electrons. The van der Waals surface area contributed by atoms with Gasteiger partial charge < -0.3 is 19.3 Å². The van der Waals surface area contributed by atoms with Gasteiger partial charge in [-0.15, -0.1) is 0 Å². The molecule has 0 amide bonds. The number of methoxy groups -OCH3 is 1. The number of benzene rings is 1. The van der Waals surface area contributed by atoms with E-state index in [4.69, 9.17) is 9.26 Å². The van der Waals surface area contributed by atoms with E-state index in [1.165, 1.54) is 0 Å². The molecule has 1 aliphatic heterocycles. The first-order chi connectivity index (χ1) is 10.7. The van der Waals surface area contributed by atoms with Crippen LogP contribution in [0.15, 0.2) is 28.8 Å². The van der Waals surface area contributed by atoms with Gasteiger partial charge in [-0.1, -0.05) is 17.3 Å². The quantitative estimate of drug-likeness (QED) is 0.934. The molecule has 2 atom stereocenters. The Balaban J connectivity index is 1.78. The lowest BCUT2D eigenvalue weighted by molar-refractivity contribution is 0.113. The zero-order valence-electron chi connectivity index (χ0n) is 12.9. The largest absolute Gasteiger partial charge is 0.497 e. The van der Waals surface area contributed by atoms with Crippen LogP contribution >= 0.6 is 0 Å². The normalized spacial score (nSPS) is 20.0. The molecule has 0 saturated carbocycles. The van der Waals surface area contributed by atoms with E-state index in [2.05, 4.69) is 15.0 Å². The summed E-state index contributed by atoms with van der Waals surface area (Å²) < 4.78 is 10.6. The number of rotatable bonds is 4. The second kappa shape index (κ2) is 6.36. The summed E-state index contributed by atoms with van der Waals surface area (Å²) in [5.41, 5.74) is 0.860. The highest BCUT2D eigenvalue weighted by molar-refractivity contribution is 5.58. The van der Waals surface area contributed by atoms with Crippen molar-refractivity contribution in [1.82, 2.24) is 10.1 Å². The maximum Gasteiger partial charge on any atom is 0.324 e. The number of aliphatic hydroxyl groups excluding tert-OH is 1. The van der Waals surface area contributed by atoms with Gasteiger partial charge in [0.25, 0.3) is 0 Å². The highest BCUT2D eigenvalue weighted by Gasteiger charge is 2.26. The average molecular weight is 303 g/mol. The van der Waals surface area contributed by atoms with Crippen molar-refractivity contribution in [3.05, 3.63) is 24.3 Å². The Kier molecular flexibility index (Phi) is 4.29. The predicted octanol–water partition coefficient (Wildman–Crippen LogP) is 2.34. The standard InChI is InChI=1S/C16H21N3O3/c1-11(20)13-6-4-8-19(10-13)16-17-15(18-22-16)12-5-3-7-14(9-12)21-2/h3,5,7,9,11,13,20H,4,6,8,10H2,1-2H3. The smallest absolute Gasteiger partial charge is 0.324 e. The Labute approximate surface area is 129 Å². The van der Waals surface area contributed by atoms with Crippen LogP contribution in [0.25, 0.3) is 11.4 Å². The predicted molar refractivity (Wildman–Crippen MR) is 82.9 cm³/mol. The topological polar surface area (TPSA) is 71.6 Å². The van der Waals surface area contributed by atoms with Crippen LogP contribution in [0.2, 0.25) is 0 Å². The minimum atomic E-state index is -0.316. The lowest BCUT2D eigenvalue weighted by atomic mass is 9.94. The van der Waals surface area contributed by atoms with Gasteiger partial charge in [0, 0.05) is 24.6 Å². The highest BCUT2D eigenvalue weighted by atomic mass is 16.5. The molecule has 22 heavy (non-hydrogen) atoms. The van der Waals surface area contributed by atoms with Gasteiger partial charge in [0.1, 0.15) is 5.75 Å². The summed E-state index contributed by atoms with van der Waals surface area (Å²) in [6, 6.07) is 8.09. The van der Waals surface area contributed by atoms with Crippen molar-refractivity contribution in [3.63, 3.8) is 0 Å². The van der Waals surface area contributed by atoms with Crippen LogP contribution in [0, 0.1) is 5.92 Å². The fourth-order valence-corrected chi connectivity index (χ4v) is 2.80. The molecule has 0 radical (unpaired) electrons. The third kappa shape index (κ3) is 3.06. The molecule has 1 N–H and O–H groups in total. The van der Waals surface area contributed by atoms with Crippen LogP contribution in [0.4, 0.5) is 6.01 Å². The monoisotopic (exact) mass is 303 g/mol. The zero-order valence-corrected chi connectivity index (χ0v) is 12.9. The molecule has 6 heteroatoms. The van der Waals surface area contributed by atoms with E-state index >= 15 is 0 Å². The summed E-state index contributed by atoms with van der Waals surface area (Å²) in [4.78, 5) is 6.54. The molecule has 0 bridgehead atoms. The maximum absolute atomic E-state index is 9.78. The number of anilines is 1. The van der Waals surface area contributed by atoms with E-state index in [1.807, 2.05) is 31.2 Å². The van der Waals surface area contributed by atoms with Crippen molar-refractivity contribution >= 4 is 6.01 Å². The van der Waals surface area contributed by atoms with E-state index in [1.54, 1.807) is 7.11 Å². The highest BCUT2D eigenvalue weighted by Crippen LogP contribution is 2.27. The first-order valence-corrected chi connectivity index (χ1v) is 7.58. The molecule has 0 spiro atoms. The molecule has 1 aromatic heterocycles. The van der Waals surface area contributed by atoms with Crippen molar-refractivity contribution in [1.29, 1.82) is 0 Å². The van der Waals surface area contributed by atoms with E-state index in [9.17, 15) is 5.11 Å². The number of aliphatic hydroxyl groups is 1. The summed E-state index contributed by atoms with van der Waals surface area (Å²) in [6.45, 7) is 3.46. The van der Waals surface area contributed by atoms with Gasteiger partial charge in [-0.2, -0.15) is 4.98 Å². The number of piperidine rings is 1. The summed E-state index contributed by atoms with van der Waals surface area (Å²) in [6.07, 6.45) is 1.74. The van der Waals surface area contributed by atoms with Gasteiger partial charge in [-0.05, 0) is 31.9 Å².